The van der Waals surface area contributed by atoms with Gasteiger partial charge in [-0.1, -0.05) is 18.2 Å². The van der Waals surface area contributed by atoms with Crippen molar-refractivity contribution in [3.8, 4) is 0 Å². The van der Waals surface area contributed by atoms with Crippen molar-refractivity contribution < 1.29 is 13.2 Å². The Kier molecular flexibility index (Phi) is 5.11. The summed E-state index contributed by atoms with van der Waals surface area (Å²) in [6.45, 7) is 1.77. The highest BCUT2D eigenvalue weighted by Gasteiger charge is 2.34. The number of benzene rings is 1. The number of likely N-dealkylation sites (tertiary alicyclic amines) is 1. The molecule has 2 aliphatic heterocycles. The fourth-order valence-corrected chi connectivity index (χ4v) is 5.93. The minimum Gasteiger partial charge on any atom is -0.355 e. The third-order valence-corrected chi connectivity index (χ3v) is 7.82. The van der Waals surface area contributed by atoms with Crippen LogP contribution in [0.15, 0.2) is 63.3 Å². The molecule has 160 valence electrons. The molecule has 0 aliphatic carbocycles. The van der Waals surface area contributed by atoms with Gasteiger partial charge < -0.3 is 10.2 Å². The zero-order chi connectivity index (χ0) is 21.4. The van der Waals surface area contributed by atoms with Crippen LogP contribution in [0.4, 0.5) is 5.82 Å². The Labute approximate surface area is 184 Å². The maximum Gasteiger partial charge on any atom is 0.285 e. The van der Waals surface area contributed by atoms with Crippen molar-refractivity contribution in [2.24, 2.45) is 10.3 Å². The molecule has 0 saturated carbocycles. The Morgan fingerprint density at radius 3 is 2.71 bits per heavy atom. The van der Waals surface area contributed by atoms with Crippen LogP contribution >= 0.6 is 11.3 Å². The van der Waals surface area contributed by atoms with Gasteiger partial charge in [-0.3, -0.25) is 4.79 Å². The quantitative estimate of drug-likeness (QED) is 0.653. The van der Waals surface area contributed by atoms with Gasteiger partial charge in [0, 0.05) is 35.5 Å². The number of rotatable bonds is 4. The smallest absolute Gasteiger partial charge is 0.285 e. The van der Waals surface area contributed by atoms with E-state index in [1.807, 2.05) is 28.5 Å². The van der Waals surface area contributed by atoms with Crippen LogP contribution in [0.5, 0.6) is 0 Å². The van der Waals surface area contributed by atoms with Crippen molar-refractivity contribution in [3.05, 3.63) is 64.5 Å². The van der Waals surface area contributed by atoms with E-state index in [1.165, 1.54) is 4.88 Å². The molecular weight excluding hydrogens is 434 g/mol. The zero-order valence-corrected chi connectivity index (χ0v) is 18.3. The highest BCUT2D eigenvalue weighted by Crippen LogP contribution is 2.30. The Morgan fingerprint density at radius 1 is 1.13 bits per heavy atom. The predicted octanol–water partition coefficient (Wildman–Crippen LogP) is 2.79. The summed E-state index contributed by atoms with van der Waals surface area (Å²) in [6, 6.07) is 12.7. The summed E-state index contributed by atoms with van der Waals surface area (Å²) in [6.07, 6.45) is 2.94. The first-order chi connectivity index (χ1) is 15.0. The fourth-order valence-electron chi connectivity index (χ4n) is 4.01. The number of anilines is 1. The van der Waals surface area contributed by atoms with Gasteiger partial charge in [-0.15, -0.1) is 15.7 Å². The van der Waals surface area contributed by atoms with Crippen LogP contribution in [0.25, 0.3) is 0 Å². The van der Waals surface area contributed by atoms with Crippen LogP contribution < -0.4 is 5.32 Å². The second-order valence-corrected chi connectivity index (χ2v) is 10.2. The summed E-state index contributed by atoms with van der Waals surface area (Å²) in [4.78, 5) is 16.2. The summed E-state index contributed by atoms with van der Waals surface area (Å²) in [5, 5.41) is 9.34. The number of carbonyl (C=O) groups is 1. The SMILES string of the molecule is O=C(Nc1ccnn1Cc1cccs1)C1CCN(C2=NS(=O)(=O)c3ccccc32)CC1. The van der Waals surface area contributed by atoms with Gasteiger partial charge in [-0.25, -0.2) is 4.68 Å². The van der Waals surface area contributed by atoms with Crippen LogP contribution in [0.3, 0.4) is 0 Å². The number of nitrogens with one attached hydrogen (secondary N) is 1. The van der Waals surface area contributed by atoms with Gasteiger partial charge in [0.05, 0.1) is 12.7 Å². The third-order valence-electron chi connectivity index (χ3n) is 5.63. The second-order valence-electron chi connectivity index (χ2n) is 7.59. The second kappa shape index (κ2) is 7.93. The standard InChI is InChI=1S/C21H21N5O3S2/c27-21(23-19-7-10-22-26(19)14-16-4-3-13-30-16)15-8-11-25(12-9-15)20-17-5-1-2-6-18(17)31(28,29)24-20/h1-7,10,13,15H,8-9,11-12,14H2,(H,23,27). The Bertz CT molecular complexity index is 1240. The molecule has 4 heterocycles. The number of amides is 1. The molecule has 0 radical (unpaired) electrons. The van der Waals surface area contributed by atoms with Crippen molar-refractivity contribution in [2.45, 2.75) is 24.3 Å². The molecule has 1 saturated heterocycles. The Balaban J connectivity index is 1.23. The third kappa shape index (κ3) is 3.88. The fraction of sp³-hybridized carbons (Fsp3) is 0.286. The molecule has 1 aromatic carbocycles. The van der Waals surface area contributed by atoms with Crippen LogP contribution in [0.1, 0.15) is 23.3 Å². The number of hydrogen-bond acceptors (Lipinski definition) is 6. The maximum absolute atomic E-state index is 12.9. The lowest BCUT2D eigenvalue weighted by molar-refractivity contribution is -0.121. The first kappa shape index (κ1) is 20.0. The lowest BCUT2D eigenvalue weighted by Crippen LogP contribution is -2.41. The molecule has 10 heteroatoms. The summed E-state index contributed by atoms with van der Waals surface area (Å²) >= 11 is 1.65. The highest BCUT2D eigenvalue weighted by molar-refractivity contribution is 7.90. The van der Waals surface area contributed by atoms with Crippen molar-refractivity contribution in [2.75, 3.05) is 18.4 Å². The molecule has 2 aromatic heterocycles. The first-order valence-electron chi connectivity index (χ1n) is 10.1. The van der Waals surface area contributed by atoms with E-state index >= 15 is 0 Å². The van der Waals surface area contributed by atoms with Crippen LogP contribution in [-0.2, 0) is 21.4 Å². The first-order valence-corrected chi connectivity index (χ1v) is 12.4. The van der Waals surface area contributed by atoms with E-state index in [0.29, 0.717) is 49.7 Å². The molecule has 0 bridgehead atoms. The minimum absolute atomic E-state index is 0.0334. The van der Waals surface area contributed by atoms with Gasteiger partial charge in [0.15, 0.2) is 5.84 Å². The average molecular weight is 456 g/mol. The number of hydrogen-bond donors (Lipinski definition) is 1. The number of thiophene rings is 1. The monoisotopic (exact) mass is 455 g/mol. The maximum atomic E-state index is 12.9. The van der Waals surface area contributed by atoms with Crippen LogP contribution in [0.2, 0.25) is 0 Å². The number of amidine groups is 1. The average Bonchev–Trinajstić information content (AvgIpc) is 3.50. The van der Waals surface area contributed by atoms with Crippen molar-refractivity contribution in [3.63, 3.8) is 0 Å². The molecule has 1 fully saturated rings. The van der Waals surface area contributed by atoms with Crippen LogP contribution in [0, 0.1) is 5.92 Å². The van der Waals surface area contributed by atoms with Gasteiger partial charge in [-0.05, 0) is 36.4 Å². The topological polar surface area (TPSA) is 96.7 Å². The van der Waals surface area contributed by atoms with Gasteiger partial charge in [0.1, 0.15) is 10.7 Å². The minimum atomic E-state index is -3.64. The van der Waals surface area contributed by atoms with Gasteiger partial charge in [0.2, 0.25) is 5.91 Å². The molecule has 5 rings (SSSR count). The molecule has 0 atom stereocenters. The van der Waals surface area contributed by atoms with Crippen molar-refractivity contribution >= 4 is 38.9 Å². The molecule has 0 unspecified atom stereocenters. The van der Waals surface area contributed by atoms with Crippen molar-refractivity contribution in [1.29, 1.82) is 0 Å². The van der Waals surface area contributed by atoms with Crippen LogP contribution in [-0.4, -0.2) is 47.9 Å². The molecule has 0 spiro atoms. The molecule has 2 aliphatic rings. The van der Waals surface area contributed by atoms with E-state index in [2.05, 4.69) is 14.8 Å². The molecule has 31 heavy (non-hydrogen) atoms. The van der Waals surface area contributed by atoms with E-state index in [0.717, 1.165) is 0 Å². The largest absolute Gasteiger partial charge is 0.355 e. The van der Waals surface area contributed by atoms with Gasteiger partial charge >= 0.3 is 0 Å². The zero-order valence-electron chi connectivity index (χ0n) is 16.6. The van der Waals surface area contributed by atoms with Crippen molar-refractivity contribution in [1.82, 2.24) is 14.7 Å². The molecular formula is C21H21N5O3S2. The summed E-state index contributed by atoms with van der Waals surface area (Å²) in [5.74, 6) is 0.994. The number of carbonyl (C=O) groups excluding carboxylic acids is 1. The Hall–Kier alpha value is -2.98. The van der Waals surface area contributed by atoms with E-state index in [4.69, 9.17) is 0 Å². The Morgan fingerprint density at radius 2 is 1.94 bits per heavy atom. The summed E-state index contributed by atoms with van der Waals surface area (Å²) < 4.78 is 30.4. The number of nitrogens with zero attached hydrogens (tertiary/aromatic N) is 4. The van der Waals surface area contributed by atoms with Gasteiger partial charge in [-0.2, -0.15) is 13.5 Å². The number of aromatic nitrogens is 2. The molecule has 3 aromatic rings. The van der Waals surface area contributed by atoms with Gasteiger partial charge in [0.25, 0.3) is 10.0 Å². The van der Waals surface area contributed by atoms with E-state index < -0.39 is 10.0 Å². The number of piperidine rings is 1. The molecule has 8 nitrogen and oxygen atoms in total. The normalized spacial score (nSPS) is 17.9. The van der Waals surface area contributed by atoms with E-state index in [1.54, 1.807) is 46.5 Å². The molecule has 1 amide bonds. The van der Waals surface area contributed by atoms with E-state index in [9.17, 15) is 13.2 Å². The number of fused-ring (bicyclic) bond motifs is 1. The predicted molar refractivity (Wildman–Crippen MR) is 119 cm³/mol. The summed E-state index contributed by atoms with van der Waals surface area (Å²) in [5.41, 5.74) is 0.642. The number of sulfonamides is 1. The highest BCUT2D eigenvalue weighted by atomic mass is 32.2. The lowest BCUT2D eigenvalue weighted by Gasteiger charge is -2.32. The summed E-state index contributed by atoms with van der Waals surface area (Å²) in [7, 11) is -3.64. The van der Waals surface area contributed by atoms with E-state index in [-0.39, 0.29) is 16.7 Å². The lowest BCUT2D eigenvalue weighted by atomic mass is 9.95. The molecule has 1 N–H and O–H groups in total.